The van der Waals surface area contributed by atoms with Crippen LogP contribution in [-0.4, -0.2) is 38.5 Å². The number of hydrogen-bond acceptors (Lipinski definition) is 5. The van der Waals surface area contributed by atoms with Gasteiger partial charge in [0.2, 0.25) is 0 Å². The van der Waals surface area contributed by atoms with E-state index in [2.05, 4.69) is 15.0 Å². The Bertz CT molecular complexity index is 957. The number of amides is 1. The number of benzene rings is 1. The number of aryl methyl sites for hydroxylation is 1. The molecule has 148 valence electrons. The molecule has 6 nitrogen and oxygen atoms in total. The van der Waals surface area contributed by atoms with Crippen LogP contribution in [0.4, 0.5) is 0 Å². The van der Waals surface area contributed by atoms with Crippen molar-refractivity contribution in [3.63, 3.8) is 0 Å². The third kappa shape index (κ3) is 4.66. The van der Waals surface area contributed by atoms with Gasteiger partial charge in [0.1, 0.15) is 11.9 Å². The van der Waals surface area contributed by atoms with E-state index in [1.807, 2.05) is 60.5 Å². The van der Waals surface area contributed by atoms with E-state index in [0.717, 1.165) is 35.2 Å². The van der Waals surface area contributed by atoms with Gasteiger partial charge in [-0.1, -0.05) is 30.3 Å². The Kier molecular flexibility index (Phi) is 5.91. The fraction of sp³-hybridized carbons (Fsp3) is 0.304. The second-order valence-corrected chi connectivity index (χ2v) is 7.20. The average molecular weight is 388 g/mol. The summed E-state index contributed by atoms with van der Waals surface area (Å²) < 4.78 is 5.68. The lowest BCUT2D eigenvalue weighted by atomic mass is 10.1. The maximum Gasteiger partial charge on any atom is 0.252 e. The van der Waals surface area contributed by atoms with E-state index >= 15 is 0 Å². The smallest absolute Gasteiger partial charge is 0.252 e. The van der Waals surface area contributed by atoms with Gasteiger partial charge >= 0.3 is 0 Å². The van der Waals surface area contributed by atoms with Crippen molar-refractivity contribution in [2.45, 2.75) is 39.0 Å². The van der Waals surface area contributed by atoms with Crippen LogP contribution in [0.2, 0.25) is 0 Å². The zero-order chi connectivity index (χ0) is 20.1. The van der Waals surface area contributed by atoms with Gasteiger partial charge in [-0.15, -0.1) is 0 Å². The van der Waals surface area contributed by atoms with Crippen molar-refractivity contribution < 1.29 is 9.53 Å². The highest BCUT2D eigenvalue weighted by atomic mass is 16.5. The Balaban J connectivity index is 1.66. The summed E-state index contributed by atoms with van der Waals surface area (Å²) in [5, 5.41) is 0. The zero-order valence-corrected chi connectivity index (χ0v) is 16.5. The maximum atomic E-state index is 13.2. The number of carbonyl (C=O) groups excluding carboxylic acids is 1. The van der Waals surface area contributed by atoms with E-state index in [-0.39, 0.29) is 12.0 Å². The summed E-state index contributed by atoms with van der Waals surface area (Å²) in [4.78, 5) is 28.2. The van der Waals surface area contributed by atoms with Gasteiger partial charge in [0, 0.05) is 37.3 Å². The van der Waals surface area contributed by atoms with Crippen molar-refractivity contribution in [1.29, 1.82) is 0 Å². The summed E-state index contributed by atoms with van der Waals surface area (Å²) in [6.07, 6.45) is 6.64. The van der Waals surface area contributed by atoms with Crippen molar-refractivity contribution in [3.8, 4) is 11.1 Å². The standard InChI is InChI=1S/C23H24N4O2/c1-17-25-14-20(19-9-11-24-12-10-19)21(26-17)16-27(15-18-6-3-2-4-7-18)23(28)22-8-5-13-29-22/h2-4,6-7,9-12,14,22H,5,8,13,15-16H2,1H3/t22-/m1/s1. The molecular formula is C23H24N4O2. The van der Waals surface area contributed by atoms with E-state index in [4.69, 9.17) is 4.74 Å². The lowest BCUT2D eigenvalue weighted by Gasteiger charge is -2.26. The first-order chi connectivity index (χ1) is 14.2. The third-order valence-corrected chi connectivity index (χ3v) is 5.05. The molecule has 1 fully saturated rings. The first-order valence-electron chi connectivity index (χ1n) is 9.88. The Morgan fingerprint density at radius 2 is 1.93 bits per heavy atom. The van der Waals surface area contributed by atoms with Crippen LogP contribution in [0.1, 0.15) is 29.9 Å². The molecule has 0 radical (unpaired) electrons. The summed E-state index contributed by atoms with van der Waals surface area (Å²) >= 11 is 0. The second kappa shape index (κ2) is 8.92. The molecule has 0 saturated carbocycles. The van der Waals surface area contributed by atoms with Crippen LogP contribution in [0.25, 0.3) is 11.1 Å². The van der Waals surface area contributed by atoms with Gasteiger partial charge < -0.3 is 9.64 Å². The van der Waals surface area contributed by atoms with Crippen LogP contribution < -0.4 is 0 Å². The molecule has 0 bridgehead atoms. The molecule has 0 N–H and O–H groups in total. The van der Waals surface area contributed by atoms with Crippen LogP contribution in [0.5, 0.6) is 0 Å². The monoisotopic (exact) mass is 388 g/mol. The molecule has 1 aromatic carbocycles. The number of hydrogen-bond donors (Lipinski definition) is 0. The molecule has 3 aromatic rings. The quantitative estimate of drug-likeness (QED) is 0.646. The summed E-state index contributed by atoms with van der Waals surface area (Å²) in [5.41, 5.74) is 3.80. The number of pyridine rings is 1. The molecule has 0 unspecified atom stereocenters. The fourth-order valence-electron chi connectivity index (χ4n) is 3.58. The van der Waals surface area contributed by atoms with Gasteiger partial charge in [0.05, 0.1) is 12.2 Å². The van der Waals surface area contributed by atoms with E-state index < -0.39 is 0 Å². The van der Waals surface area contributed by atoms with E-state index in [1.54, 1.807) is 12.4 Å². The lowest BCUT2D eigenvalue weighted by Crippen LogP contribution is -2.38. The molecule has 1 amide bonds. The normalized spacial score (nSPS) is 16.0. The molecule has 1 aliphatic rings. The highest BCUT2D eigenvalue weighted by molar-refractivity contribution is 5.81. The number of nitrogens with zero attached hydrogens (tertiary/aromatic N) is 4. The van der Waals surface area contributed by atoms with Crippen molar-refractivity contribution in [2.75, 3.05) is 6.61 Å². The molecule has 0 spiro atoms. The molecule has 2 aromatic heterocycles. The topological polar surface area (TPSA) is 68.2 Å². The second-order valence-electron chi connectivity index (χ2n) is 7.20. The van der Waals surface area contributed by atoms with Crippen LogP contribution >= 0.6 is 0 Å². The van der Waals surface area contributed by atoms with Gasteiger partial charge in [-0.2, -0.15) is 0 Å². The minimum atomic E-state index is -0.369. The van der Waals surface area contributed by atoms with Gasteiger partial charge in [-0.05, 0) is 43.0 Å². The molecular weight excluding hydrogens is 364 g/mol. The van der Waals surface area contributed by atoms with Crippen LogP contribution in [0, 0.1) is 6.92 Å². The zero-order valence-electron chi connectivity index (χ0n) is 16.5. The van der Waals surface area contributed by atoms with Crippen LogP contribution in [0.15, 0.2) is 61.1 Å². The molecule has 6 heteroatoms. The lowest BCUT2D eigenvalue weighted by molar-refractivity contribution is -0.142. The summed E-state index contributed by atoms with van der Waals surface area (Å²) in [6, 6.07) is 13.9. The molecule has 1 aliphatic heterocycles. The van der Waals surface area contributed by atoms with Gasteiger partial charge in [0.15, 0.2) is 0 Å². The Morgan fingerprint density at radius 3 is 2.66 bits per heavy atom. The van der Waals surface area contributed by atoms with Crippen LogP contribution in [-0.2, 0) is 22.6 Å². The number of carbonyl (C=O) groups is 1. The molecule has 29 heavy (non-hydrogen) atoms. The number of ether oxygens (including phenoxy) is 1. The van der Waals surface area contributed by atoms with E-state index in [1.165, 1.54) is 0 Å². The molecule has 3 heterocycles. The van der Waals surface area contributed by atoms with E-state index in [0.29, 0.717) is 25.5 Å². The maximum absolute atomic E-state index is 13.2. The van der Waals surface area contributed by atoms with Gasteiger partial charge in [0.25, 0.3) is 5.91 Å². The molecule has 1 saturated heterocycles. The SMILES string of the molecule is Cc1ncc(-c2ccncc2)c(CN(Cc2ccccc2)C(=O)[C@H]2CCCO2)n1. The predicted molar refractivity (Wildman–Crippen MR) is 110 cm³/mol. The van der Waals surface area contributed by atoms with Crippen molar-refractivity contribution in [1.82, 2.24) is 19.9 Å². The Labute approximate surface area is 170 Å². The molecule has 1 atom stereocenters. The minimum Gasteiger partial charge on any atom is -0.368 e. The Morgan fingerprint density at radius 1 is 1.14 bits per heavy atom. The third-order valence-electron chi connectivity index (χ3n) is 5.05. The summed E-state index contributed by atoms with van der Waals surface area (Å²) in [5.74, 6) is 0.699. The first-order valence-corrected chi connectivity index (χ1v) is 9.88. The average Bonchev–Trinajstić information content (AvgIpc) is 3.29. The number of aromatic nitrogens is 3. The van der Waals surface area contributed by atoms with Crippen molar-refractivity contribution in [3.05, 3.63) is 78.1 Å². The highest BCUT2D eigenvalue weighted by Gasteiger charge is 2.29. The number of rotatable bonds is 6. The Hall–Kier alpha value is -3.12. The summed E-state index contributed by atoms with van der Waals surface area (Å²) in [7, 11) is 0. The predicted octanol–water partition coefficient (Wildman–Crippen LogP) is 3.55. The van der Waals surface area contributed by atoms with Gasteiger partial charge in [-0.3, -0.25) is 9.78 Å². The highest BCUT2D eigenvalue weighted by Crippen LogP contribution is 2.24. The largest absolute Gasteiger partial charge is 0.368 e. The summed E-state index contributed by atoms with van der Waals surface area (Å²) in [6.45, 7) is 3.42. The van der Waals surface area contributed by atoms with Crippen LogP contribution in [0.3, 0.4) is 0 Å². The first kappa shape index (κ1) is 19.2. The minimum absolute atomic E-state index is 0.0169. The molecule has 0 aliphatic carbocycles. The fourth-order valence-corrected chi connectivity index (χ4v) is 3.58. The molecule has 4 rings (SSSR count). The van der Waals surface area contributed by atoms with E-state index in [9.17, 15) is 4.79 Å². The van der Waals surface area contributed by atoms with Crippen molar-refractivity contribution in [2.24, 2.45) is 0 Å². The van der Waals surface area contributed by atoms with Crippen molar-refractivity contribution >= 4 is 5.91 Å². The van der Waals surface area contributed by atoms with Gasteiger partial charge in [-0.25, -0.2) is 9.97 Å².